The lowest BCUT2D eigenvalue weighted by Gasteiger charge is -2.24. The van der Waals surface area contributed by atoms with E-state index in [1.807, 2.05) is 26.0 Å². The third-order valence-corrected chi connectivity index (χ3v) is 5.34. The summed E-state index contributed by atoms with van der Waals surface area (Å²) in [6.07, 6.45) is 3.91. The number of aliphatic hydroxyl groups excluding tert-OH is 1. The van der Waals surface area contributed by atoms with Crippen LogP contribution >= 0.6 is 0 Å². The van der Waals surface area contributed by atoms with Crippen molar-refractivity contribution < 1.29 is 20.1 Å². The summed E-state index contributed by atoms with van der Waals surface area (Å²) in [6, 6.07) is 15.0. The fourth-order valence-corrected chi connectivity index (χ4v) is 3.09. The molecule has 28 heavy (non-hydrogen) atoms. The number of aliphatic hydroxyl groups is 3. The van der Waals surface area contributed by atoms with Crippen molar-refractivity contribution in [1.29, 1.82) is 0 Å². The predicted octanol–water partition coefficient (Wildman–Crippen LogP) is 4.98. The molecule has 0 unspecified atom stereocenters. The van der Waals surface area contributed by atoms with Crippen molar-refractivity contribution >= 4 is 5.57 Å². The van der Waals surface area contributed by atoms with E-state index in [1.54, 1.807) is 24.3 Å². The van der Waals surface area contributed by atoms with Crippen molar-refractivity contribution in [3.8, 4) is 5.75 Å². The Morgan fingerprint density at radius 3 is 2.36 bits per heavy atom. The van der Waals surface area contributed by atoms with Gasteiger partial charge in [-0.3, -0.25) is 0 Å². The molecule has 2 aromatic carbocycles. The molecule has 0 aliphatic rings. The molecule has 152 valence electrons. The lowest BCUT2D eigenvalue weighted by molar-refractivity contribution is -0.0425. The van der Waals surface area contributed by atoms with Crippen LogP contribution in [-0.4, -0.2) is 20.9 Å². The minimum atomic E-state index is -1.47. The standard InChI is InChI=1S/C24H32O4/c1-4-24(27,5-2)15-7-8-18(3)21-10-6-9-19(16-21)17-28-22-13-11-20(12-14-22)23(25)26/h6,8-14,16,23,25-27H,4-5,7,15,17H2,1-3H3. The van der Waals surface area contributed by atoms with E-state index in [1.165, 1.54) is 5.57 Å². The van der Waals surface area contributed by atoms with E-state index in [0.29, 0.717) is 17.9 Å². The molecule has 0 bridgehead atoms. The molecule has 4 heteroatoms. The summed E-state index contributed by atoms with van der Waals surface area (Å²) in [4.78, 5) is 0. The summed E-state index contributed by atoms with van der Waals surface area (Å²) in [7, 11) is 0. The van der Waals surface area contributed by atoms with Crippen molar-refractivity contribution in [2.45, 2.75) is 65.0 Å². The quantitative estimate of drug-likeness (QED) is 0.505. The van der Waals surface area contributed by atoms with Gasteiger partial charge < -0.3 is 20.1 Å². The Balaban J connectivity index is 1.96. The topological polar surface area (TPSA) is 69.9 Å². The highest BCUT2D eigenvalue weighted by Crippen LogP contribution is 2.24. The number of rotatable bonds is 10. The van der Waals surface area contributed by atoms with Crippen molar-refractivity contribution in [1.82, 2.24) is 0 Å². The number of ether oxygens (including phenoxy) is 1. The number of hydrogen-bond acceptors (Lipinski definition) is 4. The summed E-state index contributed by atoms with van der Waals surface area (Å²) in [5.74, 6) is 0.681. The molecule has 0 heterocycles. The van der Waals surface area contributed by atoms with Gasteiger partial charge >= 0.3 is 0 Å². The van der Waals surface area contributed by atoms with Gasteiger partial charge in [0.25, 0.3) is 0 Å². The molecule has 0 saturated heterocycles. The molecule has 0 aliphatic heterocycles. The van der Waals surface area contributed by atoms with Crippen LogP contribution in [0.2, 0.25) is 0 Å². The maximum Gasteiger partial charge on any atom is 0.178 e. The van der Waals surface area contributed by atoms with Crippen LogP contribution < -0.4 is 4.74 Å². The first-order valence-electron chi connectivity index (χ1n) is 9.94. The molecule has 0 amide bonds. The van der Waals surface area contributed by atoms with Gasteiger partial charge in [0.05, 0.1) is 5.60 Å². The normalized spacial score (nSPS) is 12.5. The Bertz CT molecular complexity index is 758. The zero-order chi connectivity index (χ0) is 20.6. The highest BCUT2D eigenvalue weighted by Gasteiger charge is 2.20. The third kappa shape index (κ3) is 6.48. The van der Waals surface area contributed by atoms with Gasteiger partial charge in [-0.1, -0.05) is 50.3 Å². The highest BCUT2D eigenvalue weighted by atomic mass is 16.5. The van der Waals surface area contributed by atoms with Gasteiger partial charge in [-0.25, -0.2) is 0 Å². The van der Waals surface area contributed by atoms with Crippen LogP contribution in [0.4, 0.5) is 0 Å². The Hall–Kier alpha value is -2.14. The highest BCUT2D eigenvalue weighted by molar-refractivity contribution is 5.64. The van der Waals surface area contributed by atoms with Crippen LogP contribution in [0.3, 0.4) is 0 Å². The smallest absolute Gasteiger partial charge is 0.178 e. The second-order valence-corrected chi connectivity index (χ2v) is 7.29. The van der Waals surface area contributed by atoms with E-state index in [9.17, 15) is 5.11 Å². The third-order valence-electron chi connectivity index (χ3n) is 5.34. The molecule has 0 aromatic heterocycles. The van der Waals surface area contributed by atoms with Gasteiger partial charge in [0.2, 0.25) is 0 Å². The summed E-state index contributed by atoms with van der Waals surface area (Å²) in [6.45, 7) is 6.59. The van der Waals surface area contributed by atoms with E-state index < -0.39 is 11.9 Å². The first-order valence-corrected chi connectivity index (χ1v) is 9.94. The molecule has 4 nitrogen and oxygen atoms in total. The molecule has 2 rings (SSSR count). The monoisotopic (exact) mass is 384 g/mol. The van der Waals surface area contributed by atoms with E-state index in [4.69, 9.17) is 14.9 Å². The average Bonchev–Trinajstić information content (AvgIpc) is 2.72. The van der Waals surface area contributed by atoms with Crippen molar-refractivity contribution in [3.05, 3.63) is 71.3 Å². The van der Waals surface area contributed by atoms with Crippen molar-refractivity contribution in [2.75, 3.05) is 0 Å². The minimum Gasteiger partial charge on any atom is -0.489 e. The minimum absolute atomic E-state index is 0.438. The molecule has 0 atom stereocenters. The van der Waals surface area contributed by atoms with Crippen LogP contribution in [-0.2, 0) is 6.61 Å². The van der Waals surface area contributed by atoms with Gasteiger partial charge in [-0.05, 0) is 67.5 Å². The van der Waals surface area contributed by atoms with E-state index in [2.05, 4.69) is 25.1 Å². The van der Waals surface area contributed by atoms with Crippen LogP contribution in [0.5, 0.6) is 5.75 Å². The van der Waals surface area contributed by atoms with Crippen molar-refractivity contribution in [3.63, 3.8) is 0 Å². The summed E-state index contributed by atoms with van der Waals surface area (Å²) < 4.78 is 5.80. The Kier molecular flexibility index (Phi) is 8.24. The van der Waals surface area contributed by atoms with E-state index in [0.717, 1.165) is 36.8 Å². The average molecular weight is 385 g/mol. The molecular formula is C24H32O4. The molecule has 0 saturated carbocycles. The molecule has 0 fully saturated rings. The number of hydrogen-bond donors (Lipinski definition) is 3. The van der Waals surface area contributed by atoms with Gasteiger partial charge in [0.1, 0.15) is 12.4 Å². The van der Waals surface area contributed by atoms with E-state index in [-0.39, 0.29) is 0 Å². The van der Waals surface area contributed by atoms with Gasteiger partial charge in [-0.2, -0.15) is 0 Å². The van der Waals surface area contributed by atoms with Gasteiger partial charge in [-0.15, -0.1) is 0 Å². The molecular weight excluding hydrogens is 352 g/mol. The molecule has 2 aromatic rings. The summed E-state index contributed by atoms with van der Waals surface area (Å²) >= 11 is 0. The maximum atomic E-state index is 10.4. The zero-order valence-electron chi connectivity index (χ0n) is 17.1. The largest absolute Gasteiger partial charge is 0.489 e. The maximum absolute atomic E-state index is 10.4. The molecule has 0 aliphatic carbocycles. The molecule has 0 radical (unpaired) electrons. The van der Waals surface area contributed by atoms with Crippen LogP contribution in [0.25, 0.3) is 5.57 Å². The summed E-state index contributed by atoms with van der Waals surface area (Å²) in [5.41, 5.74) is 3.28. The first kappa shape index (κ1) is 22.2. The van der Waals surface area contributed by atoms with Gasteiger partial charge in [0, 0.05) is 5.56 Å². The fourth-order valence-electron chi connectivity index (χ4n) is 3.09. The summed E-state index contributed by atoms with van der Waals surface area (Å²) in [5, 5.41) is 28.7. The number of benzene rings is 2. The Labute approximate surface area is 168 Å². The van der Waals surface area contributed by atoms with E-state index >= 15 is 0 Å². The molecule has 0 spiro atoms. The SMILES string of the molecule is CCC(O)(CC)CCC=C(C)c1cccc(COc2ccc(C(O)O)cc2)c1. The predicted molar refractivity (Wildman–Crippen MR) is 113 cm³/mol. The lowest BCUT2D eigenvalue weighted by Crippen LogP contribution is -2.25. The van der Waals surface area contributed by atoms with Crippen LogP contribution in [0, 0.1) is 0 Å². The van der Waals surface area contributed by atoms with Crippen LogP contribution in [0.1, 0.15) is 69.4 Å². The number of allylic oxidation sites excluding steroid dienone is 2. The van der Waals surface area contributed by atoms with Crippen LogP contribution in [0.15, 0.2) is 54.6 Å². The second kappa shape index (κ2) is 10.4. The van der Waals surface area contributed by atoms with Gasteiger partial charge in [0.15, 0.2) is 6.29 Å². The first-order chi connectivity index (χ1) is 13.4. The molecule has 3 N–H and O–H groups in total. The Morgan fingerprint density at radius 2 is 1.75 bits per heavy atom. The Morgan fingerprint density at radius 1 is 1.07 bits per heavy atom. The fraction of sp³-hybridized carbons (Fsp3) is 0.417. The second-order valence-electron chi connectivity index (χ2n) is 7.29. The zero-order valence-corrected chi connectivity index (χ0v) is 17.1. The lowest BCUT2D eigenvalue weighted by atomic mass is 9.91. The van der Waals surface area contributed by atoms with Crippen molar-refractivity contribution in [2.24, 2.45) is 0 Å².